The van der Waals surface area contributed by atoms with Crippen molar-refractivity contribution >= 4 is 17.3 Å². The summed E-state index contributed by atoms with van der Waals surface area (Å²) in [5, 5.41) is 2.95. The second kappa shape index (κ2) is 9.78. The molecule has 1 fully saturated rings. The number of nitrogens with one attached hydrogen (secondary N) is 1. The summed E-state index contributed by atoms with van der Waals surface area (Å²) in [5.74, 6) is 0.732. The molecule has 2 rings (SSSR count). The molecular formula is C20H33N3O2. The Kier molecular flexibility index (Phi) is 7.72. The number of ether oxygens (including phenoxy) is 1. The van der Waals surface area contributed by atoms with Crippen molar-refractivity contribution < 1.29 is 9.53 Å². The SMILES string of the molecule is CCO[C@H](CC)C(=O)Nc1ccc(N2CCC(CN(C)C)CC2)cc1. The fourth-order valence-electron chi connectivity index (χ4n) is 3.45. The lowest BCUT2D eigenvalue weighted by molar-refractivity contribution is -0.127. The van der Waals surface area contributed by atoms with Gasteiger partial charge in [0.1, 0.15) is 6.10 Å². The number of piperidine rings is 1. The van der Waals surface area contributed by atoms with Gasteiger partial charge in [-0.2, -0.15) is 0 Å². The number of hydrogen-bond donors (Lipinski definition) is 1. The summed E-state index contributed by atoms with van der Waals surface area (Å²) in [6.45, 7) is 7.81. The van der Waals surface area contributed by atoms with Crippen LogP contribution in [0, 0.1) is 5.92 Å². The molecule has 1 heterocycles. The summed E-state index contributed by atoms with van der Waals surface area (Å²) in [6, 6.07) is 8.17. The highest BCUT2D eigenvalue weighted by atomic mass is 16.5. The van der Waals surface area contributed by atoms with E-state index in [1.54, 1.807) is 0 Å². The van der Waals surface area contributed by atoms with Crippen molar-refractivity contribution in [3.63, 3.8) is 0 Å². The molecule has 0 saturated carbocycles. The maximum Gasteiger partial charge on any atom is 0.253 e. The molecule has 0 bridgehead atoms. The molecule has 0 radical (unpaired) electrons. The van der Waals surface area contributed by atoms with E-state index in [1.807, 2.05) is 26.0 Å². The first kappa shape index (κ1) is 19.7. The van der Waals surface area contributed by atoms with E-state index in [-0.39, 0.29) is 12.0 Å². The van der Waals surface area contributed by atoms with Gasteiger partial charge in [0.25, 0.3) is 5.91 Å². The van der Waals surface area contributed by atoms with Gasteiger partial charge in [0.05, 0.1) is 0 Å². The second-order valence-electron chi connectivity index (χ2n) is 7.08. The zero-order chi connectivity index (χ0) is 18.2. The quantitative estimate of drug-likeness (QED) is 0.784. The molecule has 0 aromatic heterocycles. The third-order valence-electron chi connectivity index (χ3n) is 4.77. The van der Waals surface area contributed by atoms with Crippen LogP contribution in [-0.2, 0) is 9.53 Å². The normalized spacial score (nSPS) is 16.9. The van der Waals surface area contributed by atoms with Crippen LogP contribution in [0.4, 0.5) is 11.4 Å². The van der Waals surface area contributed by atoms with Crippen LogP contribution in [0.2, 0.25) is 0 Å². The van der Waals surface area contributed by atoms with Crippen LogP contribution >= 0.6 is 0 Å². The van der Waals surface area contributed by atoms with E-state index in [4.69, 9.17) is 4.74 Å². The van der Waals surface area contributed by atoms with Gasteiger partial charge in [0.15, 0.2) is 0 Å². The first-order valence-electron chi connectivity index (χ1n) is 9.45. The van der Waals surface area contributed by atoms with Crippen molar-refractivity contribution in [2.45, 2.75) is 39.2 Å². The van der Waals surface area contributed by atoms with Crippen molar-refractivity contribution in [2.24, 2.45) is 5.92 Å². The van der Waals surface area contributed by atoms with Gasteiger partial charge < -0.3 is 19.9 Å². The molecular weight excluding hydrogens is 314 g/mol. The van der Waals surface area contributed by atoms with Crippen molar-refractivity contribution in [1.29, 1.82) is 0 Å². The van der Waals surface area contributed by atoms with Crippen molar-refractivity contribution in [3.8, 4) is 0 Å². The Labute approximate surface area is 152 Å². The number of carbonyl (C=O) groups is 1. The van der Waals surface area contributed by atoms with Gasteiger partial charge in [-0.05, 0) is 70.5 Å². The summed E-state index contributed by atoms with van der Waals surface area (Å²) in [5.41, 5.74) is 2.06. The largest absolute Gasteiger partial charge is 0.372 e. The maximum absolute atomic E-state index is 12.2. The summed E-state index contributed by atoms with van der Waals surface area (Å²) >= 11 is 0. The average Bonchev–Trinajstić information content (AvgIpc) is 2.60. The molecule has 5 nitrogen and oxygen atoms in total. The van der Waals surface area contributed by atoms with Gasteiger partial charge >= 0.3 is 0 Å². The molecule has 140 valence electrons. The molecule has 0 unspecified atom stereocenters. The maximum atomic E-state index is 12.2. The van der Waals surface area contributed by atoms with Gasteiger partial charge in [-0.3, -0.25) is 4.79 Å². The van der Waals surface area contributed by atoms with E-state index in [0.717, 1.165) is 24.7 Å². The number of rotatable bonds is 8. The molecule has 1 aromatic carbocycles. The highest BCUT2D eigenvalue weighted by Crippen LogP contribution is 2.25. The zero-order valence-electron chi connectivity index (χ0n) is 16.1. The lowest BCUT2D eigenvalue weighted by Gasteiger charge is -2.34. The van der Waals surface area contributed by atoms with E-state index in [9.17, 15) is 4.79 Å². The lowest BCUT2D eigenvalue weighted by atomic mass is 9.96. The number of carbonyl (C=O) groups excluding carboxylic acids is 1. The predicted molar refractivity (Wildman–Crippen MR) is 104 cm³/mol. The fraction of sp³-hybridized carbons (Fsp3) is 0.650. The van der Waals surface area contributed by atoms with Crippen LogP contribution in [-0.4, -0.2) is 57.2 Å². The Hall–Kier alpha value is -1.59. The molecule has 1 N–H and O–H groups in total. The minimum atomic E-state index is -0.375. The summed E-state index contributed by atoms with van der Waals surface area (Å²) in [7, 11) is 4.29. The number of benzene rings is 1. The molecule has 1 atom stereocenters. The minimum Gasteiger partial charge on any atom is -0.372 e. The Morgan fingerprint density at radius 2 is 1.88 bits per heavy atom. The van der Waals surface area contributed by atoms with Gasteiger partial charge in [0, 0.05) is 37.6 Å². The van der Waals surface area contributed by atoms with E-state index >= 15 is 0 Å². The number of hydrogen-bond acceptors (Lipinski definition) is 4. The molecule has 1 saturated heterocycles. The van der Waals surface area contributed by atoms with Gasteiger partial charge in [-0.1, -0.05) is 6.92 Å². The summed E-state index contributed by atoms with van der Waals surface area (Å²) in [4.78, 5) is 16.9. The van der Waals surface area contributed by atoms with Gasteiger partial charge in [-0.15, -0.1) is 0 Å². The van der Waals surface area contributed by atoms with Crippen LogP contribution in [0.1, 0.15) is 33.1 Å². The van der Waals surface area contributed by atoms with Crippen molar-refractivity contribution in [1.82, 2.24) is 4.90 Å². The van der Waals surface area contributed by atoms with Gasteiger partial charge in [-0.25, -0.2) is 0 Å². The van der Waals surface area contributed by atoms with Crippen LogP contribution in [0.15, 0.2) is 24.3 Å². The third kappa shape index (κ3) is 6.01. The fourth-order valence-corrected chi connectivity index (χ4v) is 3.45. The van der Waals surface area contributed by atoms with E-state index < -0.39 is 0 Å². The number of amides is 1. The average molecular weight is 348 g/mol. The smallest absolute Gasteiger partial charge is 0.253 e. The highest BCUT2D eigenvalue weighted by molar-refractivity contribution is 5.94. The highest BCUT2D eigenvalue weighted by Gasteiger charge is 2.20. The molecule has 1 aromatic rings. The Balaban J connectivity index is 1.87. The molecule has 0 spiro atoms. The van der Waals surface area contributed by atoms with Crippen LogP contribution < -0.4 is 10.2 Å². The molecule has 1 aliphatic rings. The van der Waals surface area contributed by atoms with E-state index in [1.165, 1.54) is 25.1 Å². The van der Waals surface area contributed by atoms with E-state index in [2.05, 4.69) is 41.3 Å². The van der Waals surface area contributed by atoms with Crippen LogP contribution in [0.3, 0.4) is 0 Å². The molecule has 1 amide bonds. The Bertz CT molecular complexity index is 522. The van der Waals surface area contributed by atoms with Crippen LogP contribution in [0.25, 0.3) is 0 Å². The molecule has 1 aliphatic heterocycles. The molecule has 5 heteroatoms. The summed E-state index contributed by atoms with van der Waals surface area (Å²) < 4.78 is 5.46. The first-order valence-corrected chi connectivity index (χ1v) is 9.45. The monoisotopic (exact) mass is 347 g/mol. The topological polar surface area (TPSA) is 44.8 Å². The predicted octanol–water partition coefficient (Wildman–Crippen LogP) is 3.22. The zero-order valence-corrected chi connectivity index (χ0v) is 16.1. The van der Waals surface area contributed by atoms with Crippen LogP contribution in [0.5, 0.6) is 0 Å². The lowest BCUT2D eigenvalue weighted by Crippen LogP contribution is -2.37. The minimum absolute atomic E-state index is 0.0680. The second-order valence-corrected chi connectivity index (χ2v) is 7.08. The Morgan fingerprint density at radius 3 is 2.40 bits per heavy atom. The first-order chi connectivity index (χ1) is 12.0. The van der Waals surface area contributed by atoms with Crippen molar-refractivity contribution in [3.05, 3.63) is 24.3 Å². The summed E-state index contributed by atoms with van der Waals surface area (Å²) in [6.07, 6.45) is 2.78. The molecule has 0 aliphatic carbocycles. The Morgan fingerprint density at radius 1 is 1.24 bits per heavy atom. The molecule has 25 heavy (non-hydrogen) atoms. The number of nitrogens with zero attached hydrogens (tertiary/aromatic N) is 2. The van der Waals surface area contributed by atoms with E-state index in [0.29, 0.717) is 13.0 Å². The standard InChI is InChI=1S/C20H33N3O2/c1-5-19(25-6-2)20(24)21-17-7-9-18(10-8-17)23-13-11-16(12-14-23)15-22(3)4/h7-10,16,19H,5-6,11-15H2,1-4H3,(H,21,24)/t19-/m1/s1. The van der Waals surface area contributed by atoms with Crippen molar-refractivity contribution in [2.75, 3.05) is 50.6 Å². The number of anilines is 2. The van der Waals surface area contributed by atoms with Gasteiger partial charge in [0.2, 0.25) is 0 Å². The third-order valence-corrected chi connectivity index (χ3v) is 4.77.